The number of rotatable bonds is 8. The molecule has 4 rings (SSSR count). The highest BCUT2D eigenvalue weighted by atomic mass is 32.2. The summed E-state index contributed by atoms with van der Waals surface area (Å²) >= 11 is 1.20. The number of hydrogen-bond donors (Lipinski definition) is 1. The Balaban J connectivity index is 1.73. The van der Waals surface area contributed by atoms with Gasteiger partial charge in [0.05, 0.1) is 11.7 Å². The van der Waals surface area contributed by atoms with E-state index in [2.05, 4.69) is 12.0 Å². The van der Waals surface area contributed by atoms with Crippen LogP contribution in [-0.2, 0) is 27.8 Å². The molecule has 3 aromatic heterocycles. The maximum absolute atomic E-state index is 13.4. The van der Waals surface area contributed by atoms with Crippen LogP contribution >= 0.6 is 11.3 Å². The zero-order chi connectivity index (χ0) is 21.3. The molecule has 4 aromatic rings. The number of benzene rings is 1. The van der Waals surface area contributed by atoms with Gasteiger partial charge >= 0.3 is 5.97 Å². The molecule has 0 atom stereocenters. The predicted octanol–water partition coefficient (Wildman–Crippen LogP) is 4.23. The number of thiophene rings is 1. The van der Waals surface area contributed by atoms with Gasteiger partial charge in [-0.15, -0.1) is 11.3 Å². The van der Waals surface area contributed by atoms with Crippen molar-refractivity contribution in [1.82, 2.24) is 13.8 Å². The summed E-state index contributed by atoms with van der Waals surface area (Å²) in [4.78, 5) is 11.8. The number of aryl methyl sites for hydroxylation is 2. The monoisotopic (exact) mass is 443 g/mol. The van der Waals surface area contributed by atoms with Crippen molar-refractivity contribution in [2.24, 2.45) is 0 Å². The van der Waals surface area contributed by atoms with Crippen molar-refractivity contribution in [2.75, 3.05) is 0 Å². The number of carboxylic acids is 1. The van der Waals surface area contributed by atoms with Gasteiger partial charge in [0.1, 0.15) is 4.21 Å². The van der Waals surface area contributed by atoms with Crippen LogP contribution in [0.4, 0.5) is 0 Å². The average Bonchev–Trinajstić information content (AvgIpc) is 3.45. The number of nitrogens with zero attached hydrogens (tertiary/aromatic N) is 3. The molecule has 0 unspecified atom stereocenters. The Bertz CT molecular complexity index is 1310. The molecule has 0 spiro atoms. The molecule has 3 heterocycles. The van der Waals surface area contributed by atoms with E-state index in [0.29, 0.717) is 11.1 Å². The quantitative estimate of drug-likeness (QED) is 0.440. The topological polar surface area (TPSA) is 94.2 Å². The zero-order valence-electron chi connectivity index (χ0n) is 16.4. The van der Waals surface area contributed by atoms with Crippen LogP contribution in [0.25, 0.3) is 21.3 Å². The van der Waals surface area contributed by atoms with Gasteiger partial charge in [-0.05, 0) is 36.6 Å². The van der Waals surface area contributed by atoms with Crippen LogP contribution in [0.5, 0.6) is 0 Å². The van der Waals surface area contributed by atoms with Crippen LogP contribution in [-0.4, -0.2) is 33.2 Å². The third-order valence-electron chi connectivity index (χ3n) is 4.83. The SMILES string of the molecule is CCCn1cc(-c2ccc(S(=O)(=O)n3cc(CCC(=O)O)c4ccccc43)s2)cn1. The summed E-state index contributed by atoms with van der Waals surface area (Å²) in [6.07, 6.45) is 6.38. The third-order valence-corrected chi connectivity index (χ3v) is 8.11. The van der Waals surface area contributed by atoms with Gasteiger partial charge in [-0.25, -0.2) is 3.97 Å². The Morgan fingerprint density at radius 1 is 1.17 bits per heavy atom. The van der Waals surface area contributed by atoms with Gasteiger partial charge in [-0.1, -0.05) is 25.1 Å². The van der Waals surface area contributed by atoms with E-state index in [-0.39, 0.29) is 17.1 Å². The summed E-state index contributed by atoms with van der Waals surface area (Å²) in [6.45, 7) is 2.88. The van der Waals surface area contributed by atoms with Crippen molar-refractivity contribution in [3.8, 4) is 10.4 Å². The number of aromatic nitrogens is 3. The van der Waals surface area contributed by atoms with Gasteiger partial charge < -0.3 is 5.11 Å². The van der Waals surface area contributed by atoms with Gasteiger partial charge in [0.15, 0.2) is 0 Å². The summed E-state index contributed by atoms with van der Waals surface area (Å²) < 4.78 is 30.1. The first-order valence-electron chi connectivity index (χ1n) is 9.59. The number of hydrogen-bond acceptors (Lipinski definition) is 5. The molecular weight excluding hydrogens is 422 g/mol. The minimum absolute atomic E-state index is 0.0566. The molecule has 156 valence electrons. The Hall–Kier alpha value is -2.91. The maximum Gasteiger partial charge on any atom is 0.303 e. The minimum atomic E-state index is -3.81. The average molecular weight is 444 g/mol. The van der Waals surface area contributed by atoms with E-state index < -0.39 is 16.0 Å². The van der Waals surface area contributed by atoms with E-state index >= 15 is 0 Å². The molecule has 0 radical (unpaired) electrons. The van der Waals surface area contributed by atoms with Crippen molar-refractivity contribution >= 4 is 38.2 Å². The Kier molecular flexibility index (Phi) is 5.48. The standard InChI is InChI=1S/C21H21N3O4S2/c1-2-11-23-13-16(12-22-23)19-8-10-21(29-19)30(27,28)24-14-15(7-9-20(25)26)17-5-3-4-6-18(17)24/h3-6,8,10,12-14H,2,7,9,11H2,1H3,(H,25,26). The summed E-state index contributed by atoms with van der Waals surface area (Å²) in [5, 5.41) is 14.1. The Labute approximate surface area is 178 Å². The van der Waals surface area contributed by atoms with Crippen molar-refractivity contribution < 1.29 is 18.3 Å². The molecule has 0 aliphatic rings. The molecule has 0 aliphatic carbocycles. The highest BCUT2D eigenvalue weighted by Crippen LogP contribution is 2.34. The molecule has 0 saturated carbocycles. The molecule has 1 N–H and O–H groups in total. The van der Waals surface area contributed by atoms with Crippen molar-refractivity contribution in [3.05, 3.63) is 60.6 Å². The van der Waals surface area contributed by atoms with Crippen LogP contribution in [0.1, 0.15) is 25.3 Å². The fourth-order valence-electron chi connectivity index (χ4n) is 3.41. The first-order chi connectivity index (χ1) is 14.4. The molecule has 7 nitrogen and oxygen atoms in total. The van der Waals surface area contributed by atoms with Crippen LogP contribution in [0, 0.1) is 0 Å². The van der Waals surface area contributed by atoms with Gasteiger partial charge in [0, 0.05) is 41.2 Å². The second-order valence-corrected chi connectivity index (χ2v) is 10.1. The number of carboxylic acid groups (broad SMARTS) is 1. The molecule has 9 heteroatoms. The molecular formula is C21H21N3O4S2. The molecule has 0 aliphatic heterocycles. The molecule has 0 saturated heterocycles. The Morgan fingerprint density at radius 2 is 1.97 bits per heavy atom. The minimum Gasteiger partial charge on any atom is -0.481 e. The lowest BCUT2D eigenvalue weighted by Gasteiger charge is -2.05. The van der Waals surface area contributed by atoms with Gasteiger partial charge in [-0.2, -0.15) is 13.5 Å². The van der Waals surface area contributed by atoms with E-state index in [4.69, 9.17) is 5.11 Å². The first kappa shape index (κ1) is 20.4. The summed E-state index contributed by atoms with van der Waals surface area (Å²) in [5.41, 5.74) is 2.13. The van der Waals surface area contributed by atoms with Gasteiger partial charge in [-0.3, -0.25) is 9.48 Å². The Morgan fingerprint density at radius 3 is 2.73 bits per heavy atom. The van der Waals surface area contributed by atoms with Crippen LogP contribution in [0.2, 0.25) is 0 Å². The number of carbonyl (C=O) groups is 1. The van der Waals surface area contributed by atoms with E-state index in [1.165, 1.54) is 15.3 Å². The van der Waals surface area contributed by atoms with Crippen LogP contribution in [0.3, 0.4) is 0 Å². The normalized spacial score (nSPS) is 11.9. The second kappa shape index (κ2) is 8.08. The second-order valence-electron chi connectivity index (χ2n) is 6.98. The lowest BCUT2D eigenvalue weighted by atomic mass is 10.1. The molecule has 0 amide bonds. The lowest BCUT2D eigenvalue weighted by molar-refractivity contribution is -0.136. The van der Waals surface area contributed by atoms with Gasteiger partial charge in [0.2, 0.25) is 0 Å². The largest absolute Gasteiger partial charge is 0.481 e. The zero-order valence-corrected chi connectivity index (χ0v) is 18.0. The van der Waals surface area contributed by atoms with E-state index in [9.17, 15) is 13.2 Å². The van der Waals surface area contributed by atoms with Crippen molar-refractivity contribution in [2.45, 2.75) is 36.9 Å². The maximum atomic E-state index is 13.4. The third kappa shape index (κ3) is 3.78. The molecule has 1 aromatic carbocycles. The smallest absolute Gasteiger partial charge is 0.303 e. The van der Waals surface area contributed by atoms with Crippen molar-refractivity contribution in [3.63, 3.8) is 0 Å². The van der Waals surface area contributed by atoms with Crippen LogP contribution < -0.4 is 0 Å². The van der Waals surface area contributed by atoms with Gasteiger partial charge in [0.25, 0.3) is 10.0 Å². The fourth-order valence-corrected chi connectivity index (χ4v) is 6.17. The molecule has 30 heavy (non-hydrogen) atoms. The summed E-state index contributed by atoms with van der Waals surface area (Å²) in [5.74, 6) is -0.916. The van der Waals surface area contributed by atoms with E-state index in [1.54, 1.807) is 36.7 Å². The first-order valence-corrected chi connectivity index (χ1v) is 11.8. The molecule has 0 bridgehead atoms. The highest BCUT2D eigenvalue weighted by molar-refractivity contribution is 7.92. The molecule has 0 fully saturated rings. The number of para-hydroxylation sites is 1. The van der Waals surface area contributed by atoms with Crippen LogP contribution in [0.15, 0.2) is 59.2 Å². The lowest BCUT2D eigenvalue weighted by Crippen LogP contribution is -2.10. The van der Waals surface area contributed by atoms with E-state index in [0.717, 1.165) is 28.8 Å². The number of fused-ring (bicyclic) bond motifs is 1. The summed E-state index contributed by atoms with van der Waals surface area (Å²) in [6, 6.07) is 10.6. The number of aliphatic carboxylic acids is 1. The highest BCUT2D eigenvalue weighted by Gasteiger charge is 2.23. The fraction of sp³-hybridized carbons (Fsp3) is 0.238. The van der Waals surface area contributed by atoms with E-state index in [1.807, 2.05) is 23.0 Å². The van der Waals surface area contributed by atoms with Crippen molar-refractivity contribution in [1.29, 1.82) is 0 Å². The predicted molar refractivity (Wildman–Crippen MR) is 116 cm³/mol. The summed E-state index contributed by atoms with van der Waals surface area (Å²) in [7, 11) is -3.81.